The van der Waals surface area contributed by atoms with Gasteiger partial charge < -0.3 is 4.98 Å². The number of thiophene rings is 1. The van der Waals surface area contributed by atoms with E-state index in [1.807, 2.05) is 30.7 Å². The largest absolute Gasteiger partial charge is 0.352 e. The van der Waals surface area contributed by atoms with Crippen LogP contribution in [0.2, 0.25) is 0 Å². The Labute approximate surface area is 169 Å². The average Bonchev–Trinajstić information content (AvgIpc) is 3.52. The van der Waals surface area contributed by atoms with Gasteiger partial charge in [0.25, 0.3) is 0 Å². The van der Waals surface area contributed by atoms with Gasteiger partial charge in [0.15, 0.2) is 0 Å². The third-order valence-electron chi connectivity index (χ3n) is 5.01. The van der Waals surface area contributed by atoms with Crippen molar-refractivity contribution in [2.75, 3.05) is 0 Å². The Hall–Kier alpha value is -3.84. The molecule has 29 heavy (non-hydrogen) atoms. The Morgan fingerprint density at radius 2 is 1.79 bits per heavy atom. The molecule has 0 fully saturated rings. The summed E-state index contributed by atoms with van der Waals surface area (Å²) in [5, 5.41) is 11.9. The highest BCUT2D eigenvalue weighted by atomic mass is 32.1. The lowest BCUT2D eigenvalue weighted by Gasteiger charge is -2.00. The van der Waals surface area contributed by atoms with E-state index in [1.165, 1.54) is 4.88 Å². The van der Waals surface area contributed by atoms with E-state index in [2.05, 4.69) is 59.8 Å². The first kappa shape index (κ1) is 16.1. The SMILES string of the molecule is c1csc(-c2cncc3[nH]c(-c4n[nH]c5cnc(-c6ccncc6)cc45)cc23)c1. The molecule has 6 aromatic rings. The number of hydrogen-bond acceptors (Lipinski definition) is 5. The molecule has 0 aromatic carbocycles. The van der Waals surface area contributed by atoms with Crippen LogP contribution in [-0.2, 0) is 0 Å². The molecule has 0 aliphatic carbocycles. The van der Waals surface area contributed by atoms with Crippen LogP contribution in [0.5, 0.6) is 0 Å². The molecule has 0 aliphatic heterocycles. The van der Waals surface area contributed by atoms with Crippen LogP contribution in [0.1, 0.15) is 0 Å². The molecule has 2 N–H and O–H groups in total. The number of hydrogen-bond donors (Lipinski definition) is 2. The Morgan fingerprint density at radius 1 is 0.862 bits per heavy atom. The molecule has 0 amide bonds. The summed E-state index contributed by atoms with van der Waals surface area (Å²) in [5.74, 6) is 0. The van der Waals surface area contributed by atoms with Crippen LogP contribution in [0.15, 0.2) is 72.8 Å². The standard InChI is InChI=1S/C22H14N6S/c1-2-21(29-7-1)16-10-24-11-19-14(16)8-18(26-19)22-15-9-17(13-3-5-23-6-4-13)25-12-20(15)27-28-22/h1-12,26H,(H,27,28). The van der Waals surface area contributed by atoms with E-state index in [4.69, 9.17) is 0 Å². The minimum Gasteiger partial charge on any atom is -0.352 e. The van der Waals surface area contributed by atoms with E-state index < -0.39 is 0 Å². The van der Waals surface area contributed by atoms with E-state index in [0.717, 1.165) is 50.0 Å². The zero-order valence-corrected chi connectivity index (χ0v) is 15.9. The first-order chi connectivity index (χ1) is 14.4. The molecule has 7 heteroatoms. The maximum absolute atomic E-state index is 4.56. The molecule has 6 rings (SSSR count). The van der Waals surface area contributed by atoms with Gasteiger partial charge in [-0.2, -0.15) is 5.10 Å². The Kier molecular flexibility index (Phi) is 3.54. The highest BCUT2D eigenvalue weighted by Gasteiger charge is 2.15. The van der Waals surface area contributed by atoms with Gasteiger partial charge >= 0.3 is 0 Å². The zero-order valence-electron chi connectivity index (χ0n) is 15.1. The topological polar surface area (TPSA) is 83.1 Å². The van der Waals surface area contributed by atoms with Gasteiger partial charge in [-0.25, -0.2) is 0 Å². The van der Waals surface area contributed by atoms with Gasteiger partial charge in [-0.3, -0.25) is 20.1 Å². The van der Waals surface area contributed by atoms with Crippen molar-refractivity contribution >= 4 is 33.1 Å². The maximum atomic E-state index is 4.56. The van der Waals surface area contributed by atoms with Crippen molar-refractivity contribution in [2.24, 2.45) is 0 Å². The third-order valence-corrected chi connectivity index (χ3v) is 5.91. The lowest BCUT2D eigenvalue weighted by Crippen LogP contribution is -1.84. The summed E-state index contributed by atoms with van der Waals surface area (Å²) in [6, 6.07) is 12.3. The molecule has 0 radical (unpaired) electrons. The number of pyridine rings is 3. The van der Waals surface area contributed by atoms with E-state index >= 15 is 0 Å². The summed E-state index contributed by atoms with van der Waals surface area (Å²) in [6.07, 6.45) is 9.14. The molecule has 138 valence electrons. The van der Waals surface area contributed by atoms with Gasteiger partial charge in [-0.15, -0.1) is 11.3 Å². The summed E-state index contributed by atoms with van der Waals surface area (Å²) >= 11 is 1.71. The quantitative estimate of drug-likeness (QED) is 0.427. The van der Waals surface area contributed by atoms with Crippen LogP contribution >= 0.6 is 11.3 Å². The smallest absolute Gasteiger partial charge is 0.116 e. The highest BCUT2D eigenvalue weighted by molar-refractivity contribution is 7.13. The van der Waals surface area contributed by atoms with Crippen molar-refractivity contribution in [3.63, 3.8) is 0 Å². The summed E-state index contributed by atoms with van der Waals surface area (Å²) in [4.78, 5) is 17.7. The second-order valence-corrected chi connectivity index (χ2v) is 7.68. The summed E-state index contributed by atoms with van der Waals surface area (Å²) in [5.41, 5.74) is 6.74. The highest BCUT2D eigenvalue weighted by Crippen LogP contribution is 2.35. The fourth-order valence-corrected chi connectivity index (χ4v) is 4.36. The number of aromatic nitrogens is 6. The molecule has 0 aliphatic rings. The molecule has 6 nitrogen and oxygen atoms in total. The molecule has 0 spiro atoms. The molecular formula is C22H14N6S. The fraction of sp³-hybridized carbons (Fsp3) is 0. The van der Waals surface area contributed by atoms with Gasteiger partial charge in [0.05, 0.1) is 34.8 Å². The van der Waals surface area contributed by atoms with E-state index in [9.17, 15) is 0 Å². The van der Waals surface area contributed by atoms with Gasteiger partial charge in [-0.05, 0) is 35.7 Å². The van der Waals surface area contributed by atoms with Crippen molar-refractivity contribution in [2.45, 2.75) is 0 Å². The molecular weight excluding hydrogens is 380 g/mol. The van der Waals surface area contributed by atoms with E-state index in [1.54, 1.807) is 23.7 Å². The number of rotatable bonds is 3. The summed E-state index contributed by atoms with van der Waals surface area (Å²) in [6.45, 7) is 0. The monoisotopic (exact) mass is 394 g/mol. The van der Waals surface area contributed by atoms with Crippen molar-refractivity contribution in [1.82, 2.24) is 30.1 Å². The van der Waals surface area contributed by atoms with Crippen molar-refractivity contribution in [3.8, 4) is 33.1 Å². The van der Waals surface area contributed by atoms with Crippen LogP contribution in [0.3, 0.4) is 0 Å². The molecule has 0 saturated carbocycles. The summed E-state index contributed by atoms with van der Waals surface area (Å²) < 4.78 is 0. The van der Waals surface area contributed by atoms with Crippen molar-refractivity contribution in [1.29, 1.82) is 0 Å². The van der Waals surface area contributed by atoms with Crippen molar-refractivity contribution < 1.29 is 0 Å². The van der Waals surface area contributed by atoms with Gasteiger partial charge in [0.1, 0.15) is 5.69 Å². The van der Waals surface area contributed by atoms with E-state index in [0.29, 0.717) is 0 Å². The molecule has 0 saturated heterocycles. The number of nitrogens with one attached hydrogen (secondary N) is 2. The fourth-order valence-electron chi connectivity index (χ4n) is 3.61. The number of nitrogens with zero attached hydrogens (tertiary/aromatic N) is 4. The van der Waals surface area contributed by atoms with Crippen LogP contribution in [0, 0.1) is 0 Å². The van der Waals surface area contributed by atoms with Crippen molar-refractivity contribution in [3.05, 3.63) is 72.8 Å². The van der Waals surface area contributed by atoms with Crippen LogP contribution in [0.4, 0.5) is 0 Å². The second-order valence-electron chi connectivity index (χ2n) is 6.73. The average molecular weight is 394 g/mol. The third kappa shape index (κ3) is 2.63. The maximum Gasteiger partial charge on any atom is 0.116 e. The van der Waals surface area contributed by atoms with Crippen LogP contribution < -0.4 is 0 Å². The molecule has 0 atom stereocenters. The summed E-state index contributed by atoms with van der Waals surface area (Å²) in [7, 11) is 0. The predicted octanol–water partition coefficient (Wildman–Crippen LogP) is 5.29. The number of fused-ring (bicyclic) bond motifs is 2. The Balaban J connectivity index is 1.53. The van der Waals surface area contributed by atoms with Crippen LogP contribution in [-0.4, -0.2) is 30.1 Å². The molecule has 6 aromatic heterocycles. The minimum absolute atomic E-state index is 0.867. The first-order valence-corrected chi connectivity index (χ1v) is 10.0. The first-order valence-electron chi connectivity index (χ1n) is 9.12. The molecule has 0 bridgehead atoms. The second kappa shape index (κ2) is 6.35. The van der Waals surface area contributed by atoms with E-state index in [-0.39, 0.29) is 0 Å². The molecule has 6 heterocycles. The zero-order chi connectivity index (χ0) is 19.2. The number of aromatic amines is 2. The van der Waals surface area contributed by atoms with Gasteiger partial charge in [0.2, 0.25) is 0 Å². The lowest BCUT2D eigenvalue weighted by atomic mass is 10.1. The minimum atomic E-state index is 0.867. The number of H-pyrrole nitrogens is 2. The predicted molar refractivity (Wildman–Crippen MR) is 116 cm³/mol. The Morgan fingerprint density at radius 3 is 2.66 bits per heavy atom. The van der Waals surface area contributed by atoms with Gasteiger partial charge in [-0.1, -0.05) is 6.07 Å². The van der Waals surface area contributed by atoms with Crippen LogP contribution in [0.25, 0.3) is 54.9 Å². The normalized spacial score (nSPS) is 11.4. The Bertz CT molecular complexity index is 1450. The lowest BCUT2D eigenvalue weighted by molar-refractivity contribution is 1.11. The molecule has 0 unspecified atom stereocenters. The van der Waals surface area contributed by atoms with Gasteiger partial charge in [0, 0.05) is 45.4 Å².